The Hall–Kier alpha value is -2.09. The predicted octanol–water partition coefficient (Wildman–Crippen LogP) is -0.806. The van der Waals surface area contributed by atoms with Gasteiger partial charge in [0.2, 0.25) is 5.95 Å². The van der Waals surface area contributed by atoms with Crippen LogP contribution >= 0.6 is 0 Å². The predicted molar refractivity (Wildman–Crippen MR) is 98.5 cm³/mol. The number of quaternary nitrogens is 1. The van der Waals surface area contributed by atoms with Crippen molar-refractivity contribution in [3.05, 3.63) is 20.8 Å². The van der Waals surface area contributed by atoms with Gasteiger partial charge in [0.25, 0.3) is 5.56 Å². The number of aromatic amines is 1. The molecule has 1 saturated heterocycles. The molecule has 2 aromatic heterocycles. The van der Waals surface area contributed by atoms with E-state index in [1.165, 1.54) is 4.57 Å². The van der Waals surface area contributed by atoms with Gasteiger partial charge < -0.3 is 14.4 Å². The number of likely N-dealkylation sites (N-methyl/N-ethyl adjacent to an activating group) is 1. The highest BCUT2D eigenvalue weighted by Gasteiger charge is 2.25. The second kappa shape index (κ2) is 7.03. The van der Waals surface area contributed by atoms with Crippen LogP contribution in [0.3, 0.4) is 0 Å². The number of nitrogens with zero attached hydrogens (tertiary/aromatic N) is 4. The Bertz CT molecular complexity index is 854. The molecule has 8 heteroatoms. The van der Waals surface area contributed by atoms with Gasteiger partial charge in [-0.15, -0.1) is 0 Å². The van der Waals surface area contributed by atoms with Crippen molar-refractivity contribution < 1.29 is 4.90 Å². The van der Waals surface area contributed by atoms with Crippen LogP contribution in [0.1, 0.15) is 27.2 Å². The number of hydrogen-bond acceptors (Lipinski definition) is 4. The summed E-state index contributed by atoms with van der Waals surface area (Å²) in [6.07, 6.45) is 0.959. The summed E-state index contributed by atoms with van der Waals surface area (Å²) in [6, 6.07) is 0. The van der Waals surface area contributed by atoms with E-state index in [1.54, 1.807) is 11.9 Å². The highest BCUT2D eigenvalue weighted by Crippen LogP contribution is 2.21. The van der Waals surface area contributed by atoms with Gasteiger partial charge in [-0.3, -0.25) is 14.3 Å². The van der Waals surface area contributed by atoms with Crippen molar-refractivity contribution in [3.63, 3.8) is 0 Å². The molecular formula is C17H29N6O2+. The topological polar surface area (TPSA) is 80.4 Å². The molecule has 25 heavy (non-hydrogen) atoms. The van der Waals surface area contributed by atoms with E-state index in [4.69, 9.17) is 4.98 Å². The van der Waals surface area contributed by atoms with E-state index in [-0.39, 0.29) is 5.56 Å². The van der Waals surface area contributed by atoms with E-state index < -0.39 is 5.69 Å². The fourth-order valence-electron chi connectivity index (χ4n) is 3.44. The third-order valence-electron chi connectivity index (χ3n) is 5.17. The van der Waals surface area contributed by atoms with Crippen molar-refractivity contribution in [2.45, 2.75) is 33.7 Å². The highest BCUT2D eigenvalue weighted by molar-refractivity contribution is 5.74. The summed E-state index contributed by atoms with van der Waals surface area (Å²) in [5.41, 5.74) is 0.206. The van der Waals surface area contributed by atoms with Gasteiger partial charge in [-0.05, 0) is 19.3 Å². The lowest BCUT2D eigenvalue weighted by Gasteiger charge is -2.32. The molecule has 8 nitrogen and oxygen atoms in total. The summed E-state index contributed by atoms with van der Waals surface area (Å²) in [7, 11) is 1.66. The first-order valence-electron chi connectivity index (χ1n) is 9.20. The van der Waals surface area contributed by atoms with Gasteiger partial charge in [-0.2, -0.15) is 4.98 Å². The number of H-pyrrole nitrogens is 1. The van der Waals surface area contributed by atoms with Crippen LogP contribution in [0.5, 0.6) is 0 Å². The maximum absolute atomic E-state index is 12.5. The Balaban J connectivity index is 2.08. The van der Waals surface area contributed by atoms with Crippen LogP contribution in [0.4, 0.5) is 5.95 Å². The average Bonchev–Trinajstić information content (AvgIpc) is 2.98. The van der Waals surface area contributed by atoms with Crippen molar-refractivity contribution >= 4 is 17.1 Å². The fraction of sp³-hybridized carbons (Fsp3) is 0.706. The van der Waals surface area contributed by atoms with Gasteiger partial charge >= 0.3 is 5.69 Å². The minimum absolute atomic E-state index is 0.349. The van der Waals surface area contributed by atoms with Crippen LogP contribution in [-0.4, -0.2) is 51.8 Å². The summed E-state index contributed by atoms with van der Waals surface area (Å²) in [6.45, 7) is 12.4. The molecule has 0 aromatic carbocycles. The molecule has 1 aliphatic rings. The van der Waals surface area contributed by atoms with Crippen molar-refractivity contribution in [2.24, 2.45) is 13.0 Å². The number of fused-ring (bicyclic) bond motifs is 1. The van der Waals surface area contributed by atoms with E-state index in [1.807, 2.05) is 4.57 Å². The van der Waals surface area contributed by atoms with Crippen LogP contribution in [0, 0.1) is 5.92 Å². The van der Waals surface area contributed by atoms with Crippen LogP contribution in [0.2, 0.25) is 0 Å². The second-order valence-electron chi connectivity index (χ2n) is 7.33. The molecule has 3 rings (SSSR count). The summed E-state index contributed by atoms with van der Waals surface area (Å²) >= 11 is 0. The number of imidazole rings is 1. The smallest absolute Gasteiger partial charge is 0.329 e. The zero-order valence-corrected chi connectivity index (χ0v) is 15.6. The normalized spacial score (nSPS) is 16.3. The summed E-state index contributed by atoms with van der Waals surface area (Å²) in [5.74, 6) is 1.34. The van der Waals surface area contributed by atoms with E-state index in [9.17, 15) is 9.59 Å². The van der Waals surface area contributed by atoms with E-state index in [2.05, 4.69) is 30.7 Å². The number of piperazine rings is 1. The third kappa shape index (κ3) is 3.35. The van der Waals surface area contributed by atoms with Gasteiger partial charge in [-0.25, -0.2) is 4.79 Å². The molecule has 0 saturated carbocycles. The van der Waals surface area contributed by atoms with Crippen molar-refractivity contribution in [1.82, 2.24) is 19.1 Å². The van der Waals surface area contributed by atoms with Gasteiger partial charge in [0.05, 0.1) is 32.7 Å². The molecule has 0 atom stereocenters. The summed E-state index contributed by atoms with van der Waals surface area (Å²) in [4.78, 5) is 35.4. The minimum Gasteiger partial charge on any atom is -0.332 e. The molecule has 0 spiro atoms. The van der Waals surface area contributed by atoms with E-state index in [0.717, 1.165) is 51.6 Å². The molecule has 3 heterocycles. The number of aryl methyl sites for hydroxylation is 2. The quantitative estimate of drug-likeness (QED) is 0.740. The first-order chi connectivity index (χ1) is 11.9. The number of nitrogens with one attached hydrogen (secondary N) is 2. The molecule has 0 amide bonds. The Kier molecular flexibility index (Phi) is 4.99. The zero-order chi connectivity index (χ0) is 18.1. The first-order valence-corrected chi connectivity index (χ1v) is 9.20. The lowest BCUT2D eigenvalue weighted by Crippen LogP contribution is -3.14. The Morgan fingerprint density at radius 3 is 2.52 bits per heavy atom. The highest BCUT2D eigenvalue weighted by atomic mass is 16.2. The Morgan fingerprint density at radius 1 is 1.24 bits per heavy atom. The SMILES string of the molecule is CC[NH+]1CCN(c2nc3c(c(=O)[nH]c(=O)n3C)n2CCC(C)C)CC1. The molecule has 2 aromatic rings. The van der Waals surface area contributed by atoms with E-state index in [0.29, 0.717) is 17.1 Å². The number of rotatable bonds is 5. The maximum atomic E-state index is 12.5. The molecular weight excluding hydrogens is 320 g/mol. The van der Waals surface area contributed by atoms with Crippen LogP contribution in [0.25, 0.3) is 11.2 Å². The van der Waals surface area contributed by atoms with Gasteiger partial charge in [-0.1, -0.05) is 13.8 Å². The lowest BCUT2D eigenvalue weighted by atomic mass is 10.1. The molecule has 0 radical (unpaired) electrons. The standard InChI is InChI=1S/C17H28N6O2/c1-5-21-8-10-22(11-9-21)16-18-14-13(23(16)7-6-12(2)3)15(24)19-17(25)20(14)4/h12H,5-11H2,1-4H3,(H,19,24,25)/p+1. The Labute approximate surface area is 147 Å². The van der Waals surface area contributed by atoms with Crippen LogP contribution < -0.4 is 21.0 Å². The molecule has 0 unspecified atom stereocenters. The monoisotopic (exact) mass is 349 g/mol. The van der Waals surface area contributed by atoms with Crippen LogP contribution in [-0.2, 0) is 13.6 Å². The van der Waals surface area contributed by atoms with Gasteiger partial charge in [0.1, 0.15) is 0 Å². The van der Waals surface area contributed by atoms with E-state index >= 15 is 0 Å². The number of aromatic nitrogens is 4. The summed E-state index contributed by atoms with van der Waals surface area (Å²) < 4.78 is 3.43. The third-order valence-corrected chi connectivity index (χ3v) is 5.17. The second-order valence-corrected chi connectivity index (χ2v) is 7.33. The lowest BCUT2D eigenvalue weighted by molar-refractivity contribution is -0.898. The fourth-order valence-corrected chi connectivity index (χ4v) is 3.44. The minimum atomic E-state index is -0.419. The first kappa shape index (κ1) is 17.7. The molecule has 0 bridgehead atoms. The van der Waals surface area contributed by atoms with Crippen molar-refractivity contribution in [1.29, 1.82) is 0 Å². The van der Waals surface area contributed by atoms with Crippen LogP contribution in [0.15, 0.2) is 9.59 Å². The number of anilines is 1. The number of hydrogen-bond donors (Lipinski definition) is 2. The van der Waals surface area contributed by atoms with Crippen molar-refractivity contribution in [3.8, 4) is 0 Å². The Morgan fingerprint density at radius 2 is 1.92 bits per heavy atom. The largest absolute Gasteiger partial charge is 0.332 e. The zero-order valence-electron chi connectivity index (χ0n) is 15.6. The molecule has 138 valence electrons. The summed E-state index contributed by atoms with van der Waals surface area (Å²) in [5, 5.41) is 0. The molecule has 1 aliphatic heterocycles. The van der Waals surface area contributed by atoms with Crippen molar-refractivity contribution in [2.75, 3.05) is 37.6 Å². The maximum Gasteiger partial charge on any atom is 0.329 e. The molecule has 0 aliphatic carbocycles. The van der Waals surface area contributed by atoms with Gasteiger partial charge in [0.15, 0.2) is 11.2 Å². The van der Waals surface area contributed by atoms with Gasteiger partial charge in [0, 0.05) is 13.6 Å². The molecule has 2 N–H and O–H groups in total. The average molecular weight is 349 g/mol. The molecule has 1 fully saturated rings.